The molecule has 1 heterocycles. The Bertz CT molecular complexity index is 407. The minimum atomic E-state index is -0.423. The zero-order valence-electron chi connectivity index (χ0n) is 9.49. The summed E-state index contributed by atoms with van der Waals surface area (Å²) in [6.45, 7) is 2.26. The van der Waals surface area contributed by atoms with Gasteiger partial charge in [0.1, 0.15) is 5.69 Å². The van der Waals surface area contributed by atoms with Crippen molar-refractivity contribution in [2.45, 2.75) is 6.92 Å². The molecule has 1 aromatic rings. The molecular weight excluding hydrogens is 222 g/mol. The molecule has 0 unspecified atom stereocenters. The van der Waals surface area contributed by atoms with Crippen LogP contribution in [0.25, 0.3) is 0 Å². The number of hydrazine groups is 1. The first kappa shape index (κ1) is 12.9. The van der Waals surface area contributed by atoms with Gasteiger partial charge in [0.2, 0.25) is 5.91 Å². The van der Waals surface area contributed by atoms with Gasteiger partial charge in [-0.1, -0.05) is 0 Å². The number of aromatic nitrogens is 1. The van der Waals surface area contributed by atoms with Crippen molar-refractivity contribution >= 4 is 17.5 Å². The molecule has 0 atom stereocenters. The Kier molecular flexibility index (Phi) is 4.89. The van der Waals surface area contributed by atoms with E-state index in [9.17, 15) is 9.59 Å². The normalized spacial score (nSPS) is 9.53. The number of anilines is 1. The van der Waals surface area contributed by atoms with Gasteiger partial charge < -0.3 is 16.1 Å². The van der Waals surface area contributed by atoms with Gasteiger partial charge in [0, 0.05) is 12.7 Å². The second-order valence-corrected chi connectivity index (χ2v) is 3.21. The minimum absolute atomic E-state index is 0.0748. The van der Waals surface area contributed by atoms with Crippen molar-refractivity contribution in [2.75, 3.05) is 18.5 Å². The van der Waals surface area contributed by atoms with Crippen LogP contribution in [0.3, 0.4) is 0 Å². The number of rotatable bonds is 5. The van der Waals surface area contributed by atoms with E-state index in [-0.39, 0.29) is 18.1 Å². The summed E-state index contributed by atoms with van der Waals surface area (Å²) in [6, 6.07) is 3.12. The van der Waals surface area contributed by atoms with E-state index < -0.39 is 5.91 Å². The zero-order chi connectivity index (χ0) is 12.7. The van der Waals surface area contributed by atoms with Crippen LogP contribution >= 0.6 is 0 Å². The van der Waals surface area contributed by atoms with Crippen molar-refractivity contribution in [2.24, 2.45) is 5.84 Å². The summed E-state index contributed by atoms with van der Waals surface area (Å²) in [5, 5.41) is 5.02. The molecule has 92 valence electrons. The molecule has 0 bridgehead atoms. The van der Waals surface area contributed by atoms with E-state index in [2.05, 4.69) is 21.0 Å². The summed E-state index contributed by atoms with van der Waals surface area (Å²) >= 11 is 0. The molecule has 2 amide bonds. The number of hydrogen-bond donors (Lipinski definition) is 4. The molecule has 7 heteroatoms. The van der Waals surface area contributed by atoms with Gasteiger partial charge in [-0.05, 0) is 19.1 Å². The summed E-state index contributed by atoms with van der Waals surface area (Å²) in [6.07, 6.45) is 1.45. The highest BCUT2D eigenvalue weighted by Gasteiger charge is 2.09. The smallest absolute Gasteiger partial charge is 0.270 e. The lowest BCUT2D eigenvalue weighted by Crippen LogP contribution is -2.37. The number of likely N-dealkylation sites (N-methyl/N-ethyl adjacent to an activating group) is 1. The molecule has 17 heavy (non-hydrogen) atoms. The first-order valence-corrected chi connectivity index (χ1v) is 5.15. The number of carbonyl (C=O) groups is 2. The average Bonchev–Trinajstić information content (AvgIpc) is 2.36. The summed E-state index contributed by atoms with van der Waals surface area (Å²) in [5.74, 6) is 4.54. The molecule has 0 aliphatic carbocycles. The maximum absolute atomic E-state index is 11.6. The fourth-order valence-electron chi connectivity index (χ4n) is 1.16. The van der Waals surface area contributed by atoms with Crippen LogP contribution in [0, 0.1) is 0 Å². The van der Waals surface area contributed by atoms with Crippen LogP contribution in [0.2, 0.25) is 0 Å². The lowest BCUT2D eigenvalue weighted by molar-refractivity contribution is -0.120. The largest absolute Gasteiger partial charge is 0.355 e. The number of hydrogen-bond acceptors (Lipinski definition) is 5. The first-order chi connectivity index (χ1) is 8.17. The molecular formula is C10H15N5O2. The van der Waals surface area contributed by atoms with Crippen LogP contribution in [0.5, 0.6) is 0 Å². The molecule has 5 N–H and O–H groups in total. The molecule has 0 aliphatic heterocycles. The van der Waals surface area contributed by atoms with Crippen LogP contribution in [-0.4, -0.2) is 29.9 Å². The van der Waals surface area contributed by atoms with E-state index in [0.717, 1.165) is 0 Å². The third-order valence-corrected chi connectivity index (χ3v) is 1.94. The number of amides is 2. The number of carbonyl (C=O) groups excluding carboxylic acids is 2. The van der Waals surface area contributed by atoms with Crippen LogP contribution in [0.4, 0.5) is 5.69 Å². The third-order valence-electron chi connectivity index (χ3n) is 1.94. The number of nitrogens with zero attached hydrogens (tertiary/aromatic N) is 1. The van der Waals surface area contributed by atoms with E-state index in [0.29, 0.717) is 12.2 Å². The van der Waals surface area contributed by atoms with Crippen molar-refractivity contribution in [3.8, 4) is 0 Å². The van der Waals surface area contributed by atoms with E-state index in [4.69, 9.17) is 5.84 Å². The number of pyridine rings is 1. The summed E-state index contributed by atoms with van der Waals surface area (Å²) in [5.41, 5.74) is 3.18. The Morgan fingerprint density at radius 2 is 2.18 bits per heavy atom. The van der Waals surface area contributed by atoms with Gasteiger partial charge in [0.15, 0.2) is 0 Å². The maximum atomic E-state index is 11.6. The predicted octanol–water partition coefficient (Wildman–Crippen LogP) is -0.767. The SMILES string of the molecule is CCNC(=O)CNC(=O)c1cc(NN)ccn1. The van der Waals surface area contributed by atoms with Crippen molar-refractivity contribution in [3.63, 3.8) is 0 Å². The van der Waals surface area contributed by atoms with Crippen molar-refractivity contribution in [1.29, 1.82) is 0 Å². The van der Waals surface area contributed by atoms with Crippen LogP contribution < -0.4 is 21.9 Å². The van der Waals surface area contributed by atoms with Gasteiger partial charge in [-0.3, -0.25) is 20.4 Å². The Morgan fingerprint density at radius 1 is 1.41 bits per heavy atom. The summed E-state index contributed by atoms with van der Waals surface area (Å²) < 4.78 is 0. The van der Waals surface area contributed by atoms with Crippen molar-refractivity contribution in [1.82, 2.24) is 15.6 Å². The monoisotopic (exact) mass is 237 g/mol. The summed E-state index contributed by atoms with van der Waals surface area (Å²) in [7, 11) is 0. The molecule has 0 fully saturated rings. The van der Waals surface area contributed by atoms with Gasteiger partial charge in [0.05, 0.1) is 12.2 Å². The second-order valence-electron chi connectivity index (χ2n) is 3.21. The lowest BCUT2D eigenvalue weighted by atomic mass is 10.3. The highest BCUT2D eigenvalue weighted by Crippen LogP contribution is 2.05. The quantitative estimate of drug-likeness (QED) is 0.397. The fourth-order valence-corrected chi connectivity index (χ4v) is 1.16. The van der Waals surface area contributed by atoms with E-state index in [1.54, 1.807) is 13.0 Å². The molecule has 0 saturated heterocycles. The molecule has 0 spiro atoms. The van der Waals surface area contributed by atoms with Gasteiger partial charge >= 0.3 is 0 Å². The molecule has 0 radical (unpaired) electrons. The Labute approximate surface area is 98.8 Å². The highest BCUT2D eigenvalue weighted by atomic mass is 16.2. The van der Waals surface area contributed by atoms with Crippen LogP contribution in [0.1, 0.15) is 17.4 Å². The van der Waals surface area contributed by atoms with Gasteiger partial charge in [0.25, 0.3) is 5.91 Å². The predicted molar refractivity (Wildman–Crippen MR) is 63.1 cm³/mol. The van der Waals surface area contributed by atoms with Crippen molar-refractivity contribution < 1.29 is 9.59 Å². The van der Waals surface area contributed by atoms with Gasteiger partial charge in [-0.25, -0.2) is 0 Å². The zero-order valence-corrected chi connectivity index (χ0v) is 9.49. The molecule has 1 aromatic heterocycles. The Balaban J connectivity index is 2.54. The minimum Gasteiger partial charge on any atom is -0.355 e. The summed E-state index contributed by atoms with van der Waals surface area (Å²) in [4.78, 5) is 26.6. The first-order valence-electron chi connectivity index (χ1n) is 5.15. The fraction of sp³-hybridized carbons (Fsp3) is 0.300. The van der Waals surface area contributed by atoms with E-state index >= 15 is 0 Å². The Hall–Kier alpha value is -2.15. The van der Waals surface area contributed by atoms with E-state index in [1.807, 2.05) is 0 Å². The standard InChI is InChI=1S/C10H15N5O2/c1-2-12-9(16)6-14-10(17)8-5-7(15-11)3-4-13-8/h3-5H,2,6,11H2,1H3,(H,12,16)(H,13,15)(H,14,17). The highest BCUT2D eigenvalue weighted by molar-refractivity contribution is 5.95. The topological polar surface area (TPSA) is 109 Å². The van der Waals surface area contributed by atoms with Crippen LogP contribution in [0.15, 0.2) is 18.3 Å². The third kappa shape index (κ3) is 4.07. The molecule has 0 aliphatic rings. The molecule has 0 saturated carbocycles. The molecule has 7 nitrogen and oxygen atoms in total. The number of nitrogens with one attached hydrogen (secondary N) is 3. The second kappa shape index (κ2) is 6.44. The van der Waals surface area contributed by atoms with Gasteiger partial charge in [-0.15, -0.1) is 0 Å². The molecule has 1 rings (SSSR count). The van der Waals surface area contributed by atoms with Crippen LogP contribution in [-0.2, 0) is 4.79 Å². The average molecular weight is 237 g/mol. The van der Waals surface area contributed by atoms with Crippen molar-refractivity contribution in [3.05, 3.63) is 24.0 Å². The van der Waals surface area contributed by atoms with Gasteiger partial charge in [-0.2, -0.15) is 0 Å². The lowest BCUT2D eigenvalue weighted by Gasteiger charge is -2.05. The van der Waals surface area contributed by atoms with E-state index in [1.165, 1.54) is 12.3 Å². The molecule has 0 aromatic carbocycles. The number of nitrogen functional groups attached to an aromatic ring is 1. The maximum Gasteiger partial charge on any atom is 0.270 e. The number of nitrogens with two attached hydrogens (primary N) is 1. The Morgan fingerprint density at radius 3 is 2.82 bits per heavy atom.